The zero-order chi connectivity index (χ0) is 20.7. The van der Waals surface area contributed by atoms with Gasteiger partial charge in [0, 0.05) is 23.9 Å². The molecule has 0 spiro atoms. The molecule has 158 valence electrons. The molecule has 8 nitrogen and oxygen atoms in total. The molecular weight excluding hydrogens is 410 g/mol. The lowest BCUT2D eigenvalue weighted by Gasteiger charge is -2.31. The lowest BCUT2D eigenvalue weighted by molar-refractivity contribution is -0.121. The van der Waals surface area contributed by atoms with Gasteiger partial charge in [0.25, 0.3) is 0 Å². The van der Waals surface area contributed by atoms with Crippen molar-refractivity contribution in [2.45, 2.75) is 43.3 Å². The van der Waals surface area contributed by atoms with Gasteiger partial charge in [-0.3, -0.25) is 9.89 Å². The summed E-state index contributed by atoms with van der Waals surface area (Å²) in [5.41, 5.74) is 0.962. The maximum atomic E-state index is 12.3. The van der Waals surface area contributed by atoms with Crippen molar-refractivity contribution in [2.24, 2.45) is 0 Å². The van der Waals surface area contributed by atoms with Crippen LogP contribution < -0.4 is 5.32 Å². The minimum absolute atomic E-state index is 0.0662. The highest BCUT2D eigenvalue weighted by molar-refractivity contribution is 7.99. The first-order chi connectivity index (χ1) is 13.9. The van der Waals surface area contributed by atoms with Gasteiger partial charge in [0.05, 0.1) is 12.8 Å². The number of thioether (sulfide) groups is 1. The number of rotatable bonds is 9. The van der Waals surface area contributed by atoms with Crippen LogP contribution >= 0.6 is 11.8 Å². The predicted molar refractivity (Wildman–Crippen MR) is 114 cm³/mol. The van der Waals surface area contributed by atoms with E-state index in [1.165, 1.54) is 22.3 Å². The largest absolute Gasteiger partial charge is 0.354 e. The summed E-state index contributed by atoms with van der Waals surface area (Å²) >= 11 is 1.43. The highest BCUT2D eigenvalue weighted by Gasteiger charge is 2.29. The van der Waals surface area contributed by atoms with E-state index in [2.05, 4.69) is 20.5 Å². The van der Waals surface area contributed by atoms with E-state index in [-0.39, 0.29) is 18.5 Å². The monoisotopic (exact) mass is 437 g/mol. The van der Waals surface area contributed by atoms with Crippen molar-refractivity contribution < 1.29 is 13.2 Å². The predicted octanol–water partition coefficient (Wildman–Crippen LogP) is 2.27. The van der Waals surface area contributed by atoms with Crippen LogP contribution in [-0.2, 0) is 14.8 Å². The number of benzene rings is 1. The summed E-state index contributed by atoms with van der Waals surface area (Å²) in [5, 5.41) is 10.5. The summed E-state index contributed by atoms with van der Waals surface area (Å²) in [5.74, 6) is 1.02. The van der Waals surface area contributed by atoms with Crippen LogP contribution in [0.2, 0.25) is 0 Å². The molecule has 2 N–H and O–H groups in total. The smallest absolute Gasteiger partial charge is 0.235 e. The summed E-state index contributed by atoms with van der Waals surface area (Å²) in [4.78, 5) is 16.7. The fourth-order valence-electron chi connectivity index (χ4n) is 3.45. The summed E-state index contributed by atoms with van der Waals surface area (Å²) in [7, 11) is -3.41. The number of nitrogens with one attached hydrogen (secondary N) is 2. The van der Waals surface area contributed by atoms with E-state index < -0.39 is 10.0 Å². The van der Waals surface area contributed by atoms with Crippen molar-refractivity contribution in [1.29, 1.82) is 0 Å². The molecule has 10 heteroatoms. The van der Waals surface area contributed by atoms with E-state index in [0.717, 1.165) is 37.7 Å². The highest BCUT2D eigenvalue weighted by Crippen LogP contribution is 2.24. The maximum Gasteiger partial charge on any atom is 0.235 e. The van der Waals surface area contributed by atoms with E-state index in [0.29, 0.717) is 23.3 Å². The second-order valence-electron chi connectivity index (χ2n) is 7.13. The summed E-state index contributed by atoms with van der Waals surface area (Å²) in [6.45, 7) is 0.300. The number of sulfonamides is 1. The van der Waals surface area contributed by atoms with Crippen molar-refractivity contribution in [3.05, 3.63) is 30.3 Å². The molecule has 0 aliphatic heterocycles. The number of amides is 1. The number of nitrogens with zero attached hydrogens (tertiary/aromatic N) is 3. The van der Waals surface area contributed by atoms with E-state index in [1.807, 2.05) is 30.3 Å². The van der Waals surface area contributed by atoms with Crippen LogP contribution in [0.1, 0.15) is 32.1 Å². The molecule has 1 fully saturated rings. The van der Waals surface area contributed by atoms with Gasteiger partial charge >= 0.3 is 0 Å². The number of hydrogen-bond acceptors (Lipinski definition) is 6. The second kappa shape index (κ2) is 10.2. The van der Waals surface area contributed by atoms with Gasteiger partial charge in [-0.1, -0.05) is 61.4 Å². The third kappa shape index (κ3) is 6.55. The molecule has 1 heterocycles. The first kappa shape index (κ1) is 21.8. The van der Waals surface area contributed by atoms with Crippen molar-refractivity contribution in [3.8, 4) is 11.4 Å². The molecule has 0 atom stereocenters. The van der Waals surface area contributed by atoms with Crippen molar-refractivity contribution >= 4 is 27.7 Å². The Kier molecular flexibility index (Phi) is 7.68. The standard InChI is InChI=1S/C19H27N5O3S2/c1-29(26,27)24(16-10-6-3-7-11-16)14-17(25)20-12-13-28-19-21-18(22-23-19)15-8-4-2-5-9-15/h2,4-5,8-9,16H,3,6-7,10-14H2,1H3,(H,20,25)(H,21,22,23). The Labute approximate surface area is 175 Å². The number of aromatic amines is 1. The number of hydrogen-bond donors (Lipinski definition) is 2. The van der Waals surface area contributed by atoms with Crippen LogP contribution in [0.4, 0.5) is 0 Å². The normalized spacial score (nSPS) is 15.5. The fourth-order valence-corrected chi connectivity index (χ4v) is 5.21. The molecule has 0 unspecified atom stereocenters. The van der Waals surface area contributed by atoms with Crippen LogP contribution in [0, 0.1) is 0 Å². The minimum Gasteiger partial charge on any atom is -0.354 e. The maximum absolute atomic E-state index is 12.3. The number of carbonyl (C=O) groups excluding carboxylic acids is 1. The number of aromatic nitrogens is 3. The Hall–Kier alpha value is -1.91. The van der Waals surface area contributed by atoms with Gasteiger partial charge in [-0.2, -0.15) is 4.31 Å². The number of carbonyl (C=O) groups is 1. The Morgan fingerprint density at radius 3 is 2.66 bits per heavy atom. The Morgan fingerprint density at radius 2 is 1.97 bits per heavy atom. The van der Waals surface area contributed by atoms with Gasteiger partial charge in [-0.05, 0) is 12.8 Å². The van der Waals surface area contributed by atoms with Crippen LogP contribution in [-0.4, -0.2) is 65.0 Å². The number of H-pyrrole nitrogens is 1. The average molecular weight is 438 g/mol. The van der Waals surface area contributed by atoms with Crippen molar-refractivity contribution in [1.82, 2.24) is 24.8 Å². The van der Waals surface area contributed by atoms with Gasteiger partial charge in [0.2, 0.25) is 21.1 Å². The lowest BCUT2D eigenvalue weighted by atomic mass is 9.95. The van der Waals surface area contributed by atoms with Crippen molar-refractivity contribution in [3.63, 3.8) is 0 Å². The molecule has 2 aromatic rings. The molecule has 0 radical (unpaired) electrons. The molecule has 1 aromatic carbocycles. The second-order valence-corrected chi connectivity index (χ2v) is 10.1. The van der Waals surface area contributed by atoms with E-state index in [1.54, 1.807) is 0 Å². The lowest BCUT2D eigenvalue weighted by Crippen LogP contribution is -2.46. The molecule has 3 rings (SSSR count). The third-order valence-corrected chi connectivity index (χ3v) is 7.00. The summed E-state index contributed by atoms with van der Waals surface area (Å²) < 4.78 is 25.6. The highest BCUT2D eigenvalue weighted by atomic mass is 32.2. The van der Waals surface area contributed by atoms with Gasteiger partial charge in [-0.15, -0.1) is 5.10 Å². The Balaban J connectivity index is 1.44. The van der Waals surface area contributed by atoms with Gasteiger partial charge in [0.1, 0.15) is 0 Å². The quantitative estimate of drug-likeness (QED) is 0.460. The SMILES string of the molecule is CS(=O)(=O)N(CC(=O)NCCSc1n[nH]c(-c2ccccc2)n1)C1CCCCC1. The third-order valence-electron chi connectivity index (χ3n) is 4.87. The fraction of sp³-hybridized carbons (Fsp3) is 0.526. The van der Waals surface area contributed by atoms with E-state index >= 15 is 0 Å². The molecule has 1 aliphatic carbocycles. The average Bonchev–Trinajstić information content (AvgIpc) is 3.19. The summed E-state index contributed by atoms with van der Waals surface area (Å²) in [6, 6.07) is 9.66. The minimum atomic E-state index is -3.41. The molecule has 1 aromatic heterocycles. The van der Waals surface area contributed by atoms with Crippen LogP contribution in [0.3, 0.4) is 0 Å². The first-order valence-corrected chi connectivity index (χ1v) is 12.6. The van der Waals surface area contributed by atoms with Crippen LogP contribution in [0.15, 0.2) is 35.5 Å². The molecule has 1 saturated carbocycles. The topological polar surface area (TPSA) is 108 Å². The van der Waals surface area contributed by atoms with Gasteiger partial charge in [-0.25, -0.2) is 13.4 Å². The zero-order valence-electron chi connectivity index (χ0n) is 16.5. The Bertz CT molecular complexity index is 896. The summed E-state index contributed by atoms with van der Waals surface area (Å²) in [6.07, 6.45) is 5.98. The van der Waals surface area contributed by atoms with Crippen molar-refractivity contribution in [2.75, 3.05) is 25.1 Å². The van der Waals surface area contributed by atoms with Crippen LogP contribution in [0.25, 0.3) is 11.4 Å². The molecule has 0 bridgehead atoms. The molecule has 29 heavy (non-hydrogen) atoms. The first-order valence-electron chi connectivity index (χ1n) is 9.77. The van der Waals surface area contributed by atoms with Crippen LogP contribution in [0.5, 0.6) is 0 Å². The van der Waals surface area contributed by atoms with Gasteiger partial charge in [0.15, 0.2) is 5.82 Å². The molecule has 1 amide bonds. The Morgan fingerprint density at radius 1 is 1.24 bits per heavy atom. The van der Waals surface area contributed by atoms with E-state index in [4.69, 9.17) is 0 Å². The molecule has 1 aliphatic rings. The zero-order valence-corrected chi connectivity index (χ0v) is 18.1. The molecular formula is C19H27N5O3S2. The molecule has 0 saturated heterocycles. The van der Waals surface area contributed by atoms with E-state index in [9.17, 15) is 13.2 Å². The van der Waals surface area contributed by atoms with Gasteiger partial charge < -0.3 is 5.32 Å².